The molecular formula is C12H15BrN2O. The molecule has 1 aliphatic heterocycles. The Labute approximate surface area is 104 Å². The fourth-order valence-corrected chi connectivity index (χ4v) is 2.07. The van der Waals surface area contributed by atoms with Crippen molar-refractivity contribution in [1.29, 1.82) is 0 Å². The van der Waals surface area contributed by atoms with Crippen LogP contribution in [0.5, 0.6) is 0 Å². The van der Waals surface area contributed by atoms with Crippen molar-refractivity contribution in [2.75, 3.05) is 26.2 Å². The summed E-state index contributed by atoms with van der Waals surface area (Å²) in [7, 11) is 0. The van der Waals surface area contributed by atoms with Gasteiger partial charge in [0, 0.05) is 30.7 Å². The van der Waals surface area contributed by atoms with Gasteiger partial charge in [0.05, 0.1) is 6.42 Å². The zero-order valence-electron chi connectivity index (χ0n) is 9.08. The highest BCUT2D eigenvalue weighted by Crippen LogP contribution is 2.11. The van der Waals surface area contributed by atoms with E-state index in [4.69, 9.17) is 0 Å². The Hall–Kier alpha value is -0.870. The summed E-state index contributed by atoms with van der Waals surface area (Å²) in [6.45, 7) is 3.48. The van der Waals surface area contributed by atoms with E-state index in [0.717, 1.165) is 36.2 Å². The molecule has 1 heterocycles. The smallest absolute Gasteiger partial charge is 0.227 e. The van der Waals surface area contributed by atoms with Crippen molar-refractivity contribution in [2.45, 2.75) is 6.42 Å². The van der Waals surface area contributed by atoms with Crippen molar-refractivity contribution in [3.8, 4) is 0 Å². The molecular weight excluding hydrogens is 268 g/mol. The zero-order chi connectivity index (χ0) is 11.4. The first-order valence-electron chi connectivity index (χ1n) is 5.48. The number of nitrogens with zero attached hydrogens (tertiary/aromatic N) is 1. The number of carbonyl (C=O) groups is 1. The third kappa shape index (κ3) is 3.06. The average molecular weight is 283 g/mol. The molecule has 1 aliphatic rings. The van der Waals surface area contributed by atoms with Crippen LogP contribution in [0, 0.1) is 0 Å². The highest BCUT2D eigenvalue weighted by molar-refractivity contribution is 9.10. The number of piperazine rings is 1. The molecule has 0 saturated carbocycles. The number of rotatable bonds is 2. The second-order valence-corrected chi connectivity index (χ2v) is 4.85. The normalized spacial score (nSPS) is 16.2. The van der Waals surface area contributed by atoms with Crippen molar-refractivity contribution in [1.82, 2.24) is 10.2 Å². The Kier molecular flexibility index (Phi) is 3.96. The van der Waals surface area contributed by atoms with E-state index < -0.39 is 0 Å². The van der Waals surface area contributed by atoms with Crippen LogP contribution in [0.15, 0.2) is 28.7 Å². The third-order valence-corrected chi connectivity index (χ3v) is 3.27. The molecule has 3 nitrogen and oxygen atoms in total. The van der Waals surface area contributed by atoms with E-state index in [-0.39, 0.29) is 5.91 Å². The summed E-state index contributed by atoms with van der Waals surface area (Å²) >= 11 is 3.38. The lowest BCUT2D eigenvalue weighted by Gasteiger charge is -2.27. The highest BCUT2D eigenvalue weighted by Gasteiger charge is 2.15. The van der Waals surface area contributed by atoms with Gasteiger partial charge in [-0.1, -0.05) is 28.1 Å². The molecule has 0 bridgehead atoms. The minimum absolute atomic E-state index is 0.226. The quantitative estimate of drug-likeness (QED) is 0.890. The third-order valence-electron chi connectivity index (χ3n) is 2.74. The summed E-state index contributed by atoms with van der Waals surface area (Å²) in [5, 5.41) is 3.24. The van der Waals surface area contributed by atoms with Crippen LogP contribution in [-0.4, -0.2) is 37.0 Å². The first kappa shape index (κ1) is 11.6. The van der Waals surface area contributed by atoms with Gasteiger partial charge in [-0.05, 0) is 17.7 Å². The van der Waals surface area contributed by atoms with E-state index in [1.165, 1.54) is 0 Å². The predicted molar refractivity (Wildman–Crippen MR) is 67.3 cm³/mol. The van der Waals surface area contributed by atoms with Gasteiger partial charge >= 0.3 is 0 Å². The molecule has 2 rings (SSSR count). The predicted octanol–water partition coefficient (Wildman–Crippen LogP) is 1.42. The van der Waals surface area contributed by atoms with Crippen LogP contribution in [0.3, 0.4) is 0 Å². The topological polar surface area (TPSA) is 32.3 Å². The molecule has 0 aromatic heterocycles. The summed E-state index contributed by atoms with van der Waals surface area (Å²) in [6, 6.07) is 7.93. The summed E-state index contributed by atoms with van der Waals surface area (Å²) in [5.74, 6) is 0.226. The molecule has 0 aliphatic carbocycles. The van der Waals surface area contributed by atoms with Gasteiger partial charge < -0.3 is 10.2 Å². The number of halogens is 1. The molecule has 86 valence electrons. The molecule has 4 heteroatoms. The summed E-state index contributed by atoms with van der Waals surface area (Å²) < 4.78 is 1.05. The van der Waals surface area contributed by atoms with Gasteiger partial charge in [0.15, 0.2) is 0 Å². The number of hydrogen-bond acceptors (Lipinski definition) is 2. The van der Waals surface area contributed by atoms with E-state index in [1.54, 1.807) is 0 Å². The highest BCUT2D eigenvalue weighted by atomic mass is 79.9. The molecule has 1 amide bonds. The van der Waals surface area contributed by atoms with Crippen molar-refractivity contribution in [3.63, 3.8) is 0 Å². The fourth-order valence-electron chi connectivity index (χ4n) is 1.80. The van der Waals surface area contributed by atoms with Gasteiger partial charge in [0.25, 0.3) is 0 Å². The second kappa shape index (κ2) is 5.46. The fraction of sp³-hybridized carbons (Fsp3) is 0.417. The van der Waals surface area contributed by atoms with Crippen LogP contribution in [-0.2, 0) is 11.2 Å². The number of carbonyl (C=O) groups excluding carboxylic acids is 1. The van der Waals surface area contributed by atoms with Crippen molar-refractivity contribution < 1.29 is 4.79 Å². The SMILES string of the molecule is O=C(Cc1ccc(Br)cc1)N1CCNCC1. The van der Waals surface area contributed by atoms with E-state index >= 15 is 0 Å². The maximum absolute atomic E-state index is 11.9. The summed E-state index contributed by atoms with van der Waals surface area (Å²) in [6.07, 6.45) is 0.507. The summed E-state index contributed by atoms with van der Waals surface area (Å²) in [4.78, 5) is 13.9. The van der Waals surface area contributed by atoms with Gasteiger partial charge in [-0.2, -0.15) is 0 Å². The van der Waals surface area contributed by atoms with Crippen LogP contribution in [0.25, 0.3) is 0 Å². The van der Waals surface area contributed by atoms with Gasteiger partial charge in [-0.15, -0.1) is 0 Å². The van der Waals surface area contributed by atoms with Crippen molar-refractivity contribution in [3.05, 3.63) is 34.3 Å². The Morgan fingerprint density at radius 1 is 1.25 bits per heavy atom. The molecule has 0 spiro atoms. The average Bonchev–Trinajstić information content (AvgIpc) is 2.33. The molecule has 0 unspecified atom stereocenters. The lowest BCUT2D eigenvalue weighted by molar-refractivity contribution is -0.131. The molecule has 0 atom stereocenters. The Bertz CT molecular complexity index is 358. The Balaban J connectivity index is 1.93. The lowest BCUT2D eigenvalue weighted by Crippen LogP contribution is -2.46. The van der Waals surface area contributed by atoms with Gasteiger partial charge in [-0.3, -0.25) is 4.79 Å². The lowest BCUT2D eigenvalue weighted by atomic mass is 10.1. The maximum Gasteiger partial charge on any atom is 0.227 e. The molecule has 1 N–H and O–H groups in total. The molecule has 1 fully saturated rings. The second-order valence-electron chi connectivity index (χ2n) is 3.93. The minimum Gasteiger partial charge on any atom is -0.340 e. The van der Waals surface area contributed by atoms with E-state index in [1.807, 2.05) is 29.2 Å². The zero-order valence-corrected chi connectivity index (χ0v) is 10.7. The minimum atomic E-state index is 0.226. The largest absolute Gasteiger partial charge is 0.340 e. The number of amides is 1. The van der Waals surface area contributed by atoms with Gasteiger partial charge in [0.2, 0.25) is 5.91 Å². The molecule has 1 aromatic rings. The summed E-state index contributed by atoms with van der Waals surface area (Å²) in [5.41, 5.74) is 1.08. The molecule has 1 saturated heterocycles. The van der Waals surface area contributed by atoms with E-state index in [9.17, 15) is 4.79 Å². The number of nitrogens with one attached hydrogen (secondary N) is 1. The van der Waals surface area contributed by atoms with Crippen LogP contribution >= 0.6 is 15.9 Å². The van der Waals surface area contributed by atoms with Crippen LogP contribution in [0.1, 0.15) is 5.56 Å². The monoisotopic (exact) mass is 282 g/mol. The number of benzene rings is 1. The molecule has 0 radical (unpaired) electrons. The van der Waals surface area contributed by atoms with Gasteiger partial charge in [0.1, 0.15) is 0 Å². The first-order valence-corrected chi connectivity index (χ1v) is 6.28. The van der Waals surface area contributed by atoms with E-state index in [0.29, 0.717) is 6.42 Å². The standard InChI is InChI=1S/C12H15BrN2O/c13-11-3-1-10(2-4-11)9-12(16)15-7-5-14-6-8-15/h1-4,14H,5-9H2. The Morgan fingerprint density at radius 3 is 2.50 bits per heavy atom. The van der Waals surface area contributed by atoms with Crippen LogP contribution in [0.2, 0.25) is 0 Å². The van der Waals surface area contributed by atoms with Crippen molar-refractivity contribution >= 4 is 21.8 Å². The van der Waals surface area contributed by atoms with Crippen LogP contribution < -0.4 is 5.32 Å². The van der Waals surface area contributed by atoms with E-state index in [2.05, 4.69) is 21.2 Å². The van der Waals surface area contributed by atoms with Crippen LogP contribution in [0.4, 0.5) is 0 Å². The molecule has 16 heavy (non-hydrogen) atoms. The van der Waals surface area contributed by atoms with Gasteiger partial charge in [-0.25, -0.2) is 0 Å². The van der Waals surface area contributed by atoms with Crippen molar-refractivity contribution in [2.24, 2.45) is 0 Å². The first-order chi connectivity index (χ1) is 7.75. The molecule has 1 aromatic carbocycles. The Morgan fingerprint density at radius 2 is 1.88 bits per heavy atom. The number of hydrogen-bond donors (Lipinski definition) is 1. The maximum atomic E-state index is 11.9.